The number of rotatable bonds is 7. The molecule has 1 aromatic heterocycles. The van der Waals surface area contributed by atoms with Crippen LogP contribution in [0.2, 0.25) is 0 Å². The van der Waals surface area contributed by atoms with E-state index in [0.29, 0.717) is 17.7 Å². The highest BCUT2D eigenvalue weighted by Crippen LogP contribution is 2.40. The molecule has 2 aliphatic rings. The van der Waals surface area contributed by atoms with Gasteiger partial charge in [-0.2, -0.15) is 5.10 Å². The van der Waals surface area contributed by atoms with Crippen molar-refractivity contribution in [1.82, 2.24) is 20.0 Å². The third-order valence-corrected chi connectivity index (χ3v) is 6.62. The number of nitrogens with zero attached hydrogens (tertiary/aromatic N) is 3. The van der Waals surface area contributed by atoms with Gasteiger partial charge in [-0.3, -0.25) is 14.8 Å². The second-order valence-corrected chi connectivity index (χ2v) is 8.57. The van der Waals surface area contributed by atoms with Gasteiger partial charge < -0.3 is 9.64 Å². The van der Waals surface area contributed by atoms with Crippen LogP contribution >= 0.6 is 0 Å². The van der Waals surface area contributed by atoms with Crippen molar-refractivity contribution in [3.63, 3.8) is 0 Å². The summed E-state index contributed by atoms with van der Waals surface area (Å²) < 4.78 is 5.16. The first kappa shape index (κ1) is 20.1. The molecule has 2 aliphatic heterocycles. The van der Waals surface area contributed by atoms with Gasteiger partial charge in [0.1, 0.15) is 0 Å². The summed E-state index contributed by atoms with van der Waals surface area (Å²) in [6, 6.07) is 10.4. The second-order valence-electron chi connectivity index (χ2n) is 8.57. The summed E-state index contributed by atoms with van der Waals surface area (Å²) in [5, 5.41) is 7.47. The molecular formula is C23H32N4O2. The summed E-state index contributed by atoms with van der Waals surface area (Å²) in [6.45, 7) is 5.56. The number of amides is 1. The Balaban J connectivity index is 1.34. The van der Waals surface area contributed by atoms with Crippen molar-refractivity contribution in [3.8, 4) is 11.3 Å². The summed E-state index contributed by atoms with van der Waals surface area (Å²) in [6.07, 6.45) is 6.96. The van der Waals surface area contributed by atoms with Crippen LogP contribution in [0.25, 0.3) is 11.3 Å². The third kappa shape index (κ3) is 4.70. The highest BCUT2D eigenvalue weighted by atomic mass is 16.5. The molecule has 1 aromatic carbocycles. The molecule has 2 saturated heterocycles. The SMILES string of the molecule is COCCCN1CC2(CCC1=O)CCN(Cc1cn[nH]c1-c1ccccc1)CC2. The van der Waals surface area contributed by atoms with Crippen molar-refractivity contribution in [3.05, 3.63) is 42.1 Å². The first-order valence-electron chi connectivity index (χ1n) is 10.8. The lowest BCUT2D eigenvalue weighted by molar-refractivity contribution is -0.139. The van der Waals surface area contributed by atoms with E-state index < -0.39 is 0 Å². The van der Waals surface area contributed by atoms with Crippen LogP contribution in [0.5, 0.6) is 0 Å². The third-order valence-electron chi connectivity index (χ3n) is 6.62. The number of nitrogens with one attached hydrogen (secondary N) is 1. The fourth-order valence-corrected chi connectivity index (χ4v) is 4.83. The maximum absolute atomic E-state index is 12.3. The minimum atomic E-state index is 0.302. The van der Waals surface area contributed by atoms with Gasteiger partial charge in [0.15, 0.2) is 0 Å². The minimum Gasteiger partial charge on any atom is -0.385 e. The Morgan fingerprint density at radius 1 is 1.17 bits per heavy atom. The van der Waals surface area contributed by atoms with Crippen LogP contribution in [0, 0.1) is 5.41 Å². The lowest BCUT2D eigenvalue weighted by Crippen LogP contribution is -2.51. The Morgan fingerprint density at radius 3 is 2.72 bits per heavy atom. The van der Waals surface area contributed by atoms with Gasteiger partial charge in [-0.05, 0) is 49.8 Å². The largest absolute Gasteiger partial charge is 0.385 e. The van der Waals surface area contributed by atoms with Crippen LogP contribution in [-0.4, -0.2) is 65.8 Å². The Hall–Kier alpha value is -2.18. The van der Waals surface area contributed by atoms with E-state index >= 15 is 0 Å². The Bertz CT molecular complexity index is 796. The quantitative estimate of drug-likeness (QED) is 0.730. The molecular weight excluding hydrogens is 364 g/mol. The molecule has 0 bridgehead atoms. The standard InChI is InChI=1S/C23H32N4O2/c1-29-15-5-12-27-18-23(9-8-21(27)28)10-13-26(14-11-23)17-20-16-24-25-22(20)19-6-3-2-4-7-19/h2-4,6-7,16H,5,8-15,17-18H2,1H3,(H,24,25). The van der Waals surface area contributed by atoms with Crippen LogP contribution in [-0.2, 0) is 16.1 Å². The highest BCUT2D eigenvalue weighted by molar-refractivity contribution is 5.77. The zero-order valence-corrected chi connectivity index (χ0v) is 17.4. The van der Waals surface area contributed by atoms with E-state index in [1.807, 2.05) is 12.3 Å². The lowest BCUT2D eigenvalue weighted by Gasteiger charge is -2.47. The molecule has 0 unspecified atom stereocenters. The molecule has 0 saturated carbocycles. The Morgan fingerprint density at radius 2 is 1.97 bits per heavy atom. The average molecular weight is 397 g/mol. The van der Waals surface area contributed by atoms with E-state index in [1.165, 1.54) is 24.0 Å². The smallest absolute Gasteiger partial charge is 0.222 e. The molecule has 29 heavy (non-hydrogen) atoms. The molecule has 6 nitrogen and oxygen atoms in total. The van der Waals surface area contributed by atoms with Crippen LogP contribution in [0.3, 0.4) is 0 Å². The van der Waals surface area contributed by atoms with Gasteiger partial charge in [0.25, 0.3) is 0 Å². The van der Waals surface area contributed by atoms with Crippen molar-refractivity contribution >= 4 is 5.91 Å². The molecule has 0 radical (unpaired) electrons. The summed E-state index contributed by atoms with van der Waals surface area (Å²) >= 11 is 0. The van der Waals surface area contributed by atoms with Crippen molar-refractivity contribution in [1.29, 1.82) is 0 Å². The average Bonchev–Trinajstić information content (AvgIpc) is 3.21. The summed E-state index contributed by atoms with van der Waals surface area (Å²) in [7, 11) is 1.72. The molecule has 0 aliphatic carbocycles. The summed E-state index contributed by atoms with van der Waals surface area (Å²) in [5.74, 6) is 0.319. The number of ether oxygens (including phenoxy) is 1. The maximum atomic E-state index is 12.3. The summed E-state index contributed by atoms with van der Waals surface area (Å²) in [5.41, 5.74) is 3.87. The molecule has 2 aromatic rings. The molecule has 1 amide bonds. The van der Waals surface area contributed by atoms with Gasteiger partial charge in [0, 0.05) is 45.3 Å². The predicted octanol–water partition coefficient (Wildman–Crippen LogP) is 3.32. The number of likely N-dealkylation sites (tertiary alicyclic amines) is 2. The number of carbonyl (C=O) groups is 1. The molecule has 1 spiro atoms. The number of methoxy groups -OCH3 is 1. The topological polar surface area (TPSA) is 61.5 Å². The number of hydrogen-bond acceptors (Lipinski definition) is 4. The van der Waals surface area contributed by atoms with Crippen LogP contribution in [0.1, 0.15) is 37.7 Å². The van der Waals surface area contributed by atoms with Crippen molar-refractivity contribution in [2.75, 3.05) is 39.9 Å². The zero-order valence-electron chi connectivity index (χ0n) is 17.4. The minimum absolute atomic E-state index is 0.302. The van der Waals surface area contributed by atoms with E-state index in [0.717, 1.165) is 57.9 Å². The van der Waals surface area contributed by atoms with Crippen LogP contribution < -0.4 is 0 Å². The van der Waals surface area contributed by atoms with Crippen molar-refractivity contribution in [2.45, 2.75) is 38.6 Å². The molecule has 156 valence electrons. The lowest BCUT2D eigenvalue weighted by atomic mass is 9.72. The molecule has 6 heteroatoms. The predicted molar refractivity (Wildman–Crippen MR) is 113 cm³/mol. The Labute approximate surface area is 173 Å². The number of H-pyrrole nitrogens is 1. The summed E-state index contributed by atoms with van der Waals surface area (Å²) in [4.78, 5) is 16.9. The second kappa shape index (κ2) is 9.09. The highest BCUT2D eigenvalue weighted by Gasteiger charge is 2.40. The fourth-order valence-electron chi connectivity index (χ4n) is 4.83. The van der Waals surface area contributed by atoms with Gasteiger partial charge in [0.05, 0.1) is 11.9 Å². The first-order valence-corrected chi connectivity index (χ1v) is 10.8. The van der Waals surface area contributed by atoms with E-state index in [9.17, 15) is 4.79 Å². The van der Waals surface area contributed by atoms with E-state index in [2.05, 4.69) is 44.3 Å². The van der Waals surface area contributed by atoms with Crippen LogP contribution in [0.15, 0.2) is 36.5 Å². The molecule has 2 fully saturated rings. The van der Waals surface area contributed by atoms with Gasteiger partial charge in [-0.1, -0.05) is 30.3 Å². The van der Waals surface area contributed by atoms with Gasteiger partial charge in [-0.25, -0.2) is 0 Å². The van der Waals surface area contributed by atoms with Crippen molar-refractivity contribution in [2.24, 2.45) is 5.41 Å². The molecule has 3 heterocycles. The Kier molecular flexibility index (Phi) is 6.31. The fraction of sp³-hybridized carbons (Fsp3) is 0.565. The van der Waals surface area contributed by atoms with Crippen molar-refractivity contribution < 1.29 is 9.53 Å². The van der Waals surface area contributed by atoms with E-state index in [1.54, 1.807) is 7.11 Å². The number of aromatic amines is 1. The number of aromatic nitrogens is 2. The van der Waals surface area contributed by atoms with E-state index in [-0.39, 0.29) is 0 Å². The zero-order chi connectivity index (χ0) is 20.1. The van der Waals surface area contributed by atoms with Gasteiger partial charge in [-0.15, -0.1) is 0 Å². The number of benzene rings is 1. The molecule has 4 rings (SSSR count). The maximum Gasteiger partial charge on any atom is 0.222 e. The molecule has 1 N–H and O–H groups in total. The first-order chi connectivity index (χ1) is 14.2. The monoisotopic (exact) mass is 396 g/mol. The van der Waals surface area contributed by atoms with Gasteiger partial charge >= 0.3 is 0 Å². The number of hydrogen-bond donors (Lipinski definition) is 1. The van der Waals surface area contributed by atoms with E-state index in [4.69, 9.17) is 4.74 Å². The van der Waals surface area contributed by atoms with Crippen LogP contribution in [0.4, 0.5) is 0 Å². The normalized spacial score (nSPS) is 19.8. The number of carbonyl (C=O) groups excluding carboxylic acids is 1. The molecule has 0 atom stereocenters. The number of piperidine rings is 2. The van der Waals surface area contributed by atoms with Gasteiger partial charge in [0.2, 0.25) is 5.91 Å².